The van der Waals surface area contributed by atoms with E-state index in [4.69, 9.17) is 23.2 Å². The van der Waals surface area contributed by atoms with Gasteiger partial charge in [-0.3, -0.25) is 4.79 Å². The molecule has 1 amide bonds. The van der Waals surface area contributed by atoms with Crippen LogP contribution in [0.3, 0.4) is 0 Å². The fourth-order valence-corrected chi connectivity index (χ4v) is 1.88. The largest absolute Gasteiger partial charge is 0.348 e. The Bertz CT molecular complexity index is 616. The van der Waals surface area contributed by atoms with Gasteiger partial charge in [-0.15, -0.1) is 0 Å². The second-order valence-corrected chi connectivity index (χ2v) is 4.76. The van der Waals surface area contributed by atoms with Crippen molar-refractivity contribution in [3.05, 3.63) is 69.5 Å². The third-order valence-electron chi connectivity index (χ3n) is 2.52. The van der Waals surface area contributed by atoms with E-state index in [0.717, 1.165) is 5.56 Å². The van der Waals surface area contributed by atoms with Crippen LogP contribution >= 0.6 is 23.2 Å². The Morgan fingerprint density at radius 1 is 1.11 bits per heavy atom. The van der Waals surface area contributed by atoms with Crippen molar-refractivity contribution < 1.29 is 9.18 Å². The van der Waals surface area contributed by atoms with Gasteiger partial charge in [-0.1, -0.05) is 35.3 Å². The van der Waals surface area contributed by atoms with Crippen LogP contribution in [0.25, 0.3) is 0 Å². The number of nitrogens with one attached hydrogen (secondary N) is 1. The molecule has 5 heteroatoms. The summed E-state index contributed by atoms with van der Waals surface area (Å²) in [5.41, 5.74) is 1.10. The molecule has 0 aliphatic carbocycles. The van der Waals surface area contributed by atoms with E-state index >= 15 is 0 Å². The van der Waals surface area contributed by atoms with Crippen molar-refractivity contribution in [2.45, 2.75) is 6.54 Å². The normalized spacial score (nSPS) is 10.3. The van der Waals surface area contributed by atoms with E-state index in [9.17, 15) is 9.18 Å². The number of benzene rings is 2. The minimum atomic E-state index is -0.442. The standard InChI is InChI=1S/C14H10Cl2FNO/c15-12-5-4-9(6-13(12)16)8-18-14(19)10-2-1-3-11(17)7-10/h1-7H,8H2,(H,18,19). The zero-order chi connectivity index (χ0) is 13.8. The first-order valence-corrected chi connectivity index (χ1v) is 6.29. The molecule has 0 saturated heterocycles. The van der Waals surface area contributed by atoms with Crippen LogP contribution in [0.5, 0.6) is 0 Å². The Hall–Kier alpha value is -1.58. The molecule has 0 atom stereocenters. The zero-order valence-electron chi connectivity index (χ0n) is 9.79. The molecule has 2 aromatic carbocycles. The lowest BCUT2D eigenvalue weighted by Gasteiger charge is -2.06. The van der Waals surface area contributed by atoms with Crippen molar-refractivity contribution in [1.29, 1.82) is 0 Å². The van der Waals surface area contributed by atoms with Gasteiger partial charge in [0.2, 0.25) is 0 Å². The summed E-state index contributed by atoms with van der Waals surface area (Å²) >= 11 is 11.7. The SMILES string of the molecule is O=C(NCc1ccc(Cl)c(Cl)c1)c1cccc(F)c1. The second-order valence-electron chi connectivity index (χ2n) is 3.94. The zero-order valence-corrected chi connectivity index (χ0v) is 11.3. The molecule has 0 aliphatic rings. The smallest absolute Gasteiger partial charge is 0.251 e. The first kappa shape index (κ1) is 13.8. The molecule has 0 bridgehead atoms. The lowest BCUT2D eigenvalue weighted by Crippen LogP contribution is -2.22. The average Bonchev–Trinajstić information content (AvgIpc) is 2.40. The Morgan fingerprint density at radius 2 is 1.89 bits per heavy atom. The number of hydrogen-bond donors (Lipinski definition) is 1. The highest BCUT2D eigenvalue weighted by Crippen LogP contribution is 2.22. The Kier molecular flexibility index (Phi) is 4.40. The van der Waals surface area contributed by atoms with E-state index in [1.807, 2.05) is 0 Å². The van der Waals surface area contributed by atoms with Crippen molar-refractivity contribution in [1.82, 2.24) is 5.32 Å². The van der Waals surface area contributed by atoms with Crippen LogP contribution in [0, 0.1) is 5.82 Å². The maximum Gasteiger partial charge on any atom is 0.251 e. The molecule has 0 radical (unpaired) electrons. The third-order valence-corrected chi connectivity index (χ3v) is 3.26. The first-order valence-electron chi connectivity index (χ1n) is 5.54. The molecule has 0 aromatic heterocycles. The van der Waals surface area contributed by atoms with Crippen LogP contribution < -0.4 is 5.32 Å². The van der Waals surface area contributed by atoms with Crippen LogP contribution in [0.2, 0.25) is 10.0 Å². The fourth-order valence-electron chi connectivity index (χ4n) is 1.56. The summed E-state index contributed by atoms with van der Waals surface area (Å²) in [5, 5.41) is 3.57. The Morgan fingerprint density at radius 3 is 2.58 bits per heavy atom. The lowest BCUT2D eigenvalue weighted by atomic mass is 10.2. The number of amides is 1. The summed E-state index contributed by atoms with van der Waals surface area (Å²) in [6.07, 6.45) is 0. The molecule has 0 unspecified atom stereocenters. The van der Waals surface area contributed by atoms with Gasteiger partial charge in [0.15, 0.2) is 0 Å². The van der Waals surface area contributed by atoms with E-state index < -0.39 is 5.82 Å². The molecule has 0 fully saturated rings. The van der Waals surface area contributed by atoms with E-state index in [2.05, 4.69) is 5.32 Å². The molecular formula is C14H10Cl2FNO. The van der Waals surface area contributed by atoms with Crippen LogP contribution in [-0.2, 0) is 6.54 Å². The highest BCUT2D eigenvalue weighted by molar-refractivity contribution is 6.42. The summed E-state index contributed by atoms with van der Waals surface area (Å²) in [6.45, 7) is 0.298. The van der Waals surface area contributed by atoms with Gasteiger partial charge in [-0.25, -0.2) is 4.39 Å². The van der Waals surface area contributed by atoms with Crippen LogP contribution in [0.4, 0.5) is 4.39 Å². The van der Waals surface area contributed by atoms with Crippen molar-refractivity contribution in [3.8, 4) is 0 Å². The summed E-state index contributed by atoms with van der Waals surface area (Å²) < 4.78 is 13.0. The van der Waals surface area contributed by atoms with Crippen molar-refractivity contribution in [2.24, 2.45) is 0 Å². The van der Waals surface area contributed by atoms with Gasteiger partial charge in [-0.2, -0.15) is 0 Å². The Balaban J connectivity index is 2.02. The maximum absolute atomic E-state index is 13.0. The highest BCUT2D eigenvalue weighted by Gasteiger charge is 2.06. The van der Waals surface area contributed by atoms with E-state index in [1.165, 1.54) is 18.2 Å². The monoisotopic (exact) mass is 297 g/mol. The van der Waals surface area contributed by atoms with Crippen LogP contribution in [0.1, 0.15) is 15.9 Å². The molecular weight excluding hydrogens is 288 g/mol. The molecule has 0 spiro atoms. The van der Waals surface area contributed by atoms with Gasteiger partial charge < -0.3 is 5.32 Å². The highest BCUT2D eigenvalue weighted by atomic mass is 35.5. The number of carbonyl (C=O) groups excluding carboxylic acids is 1. The fraction of sp³-hybridized carbons (Fsp3) is 0.0714. The van der Waals surface area contributed by atoms with Crippen molar-refractivity contribution in [3.63, 3.8) is 0 Å². The molecule has 0 saturated carbocycles. The van der Waals surface area contributed by atoms with Gasteiger partial charge in [0.1, 0.15) is 5.82 Å². The summed E-state index contributed by atoms with van der Waals surface area (Å²) in [6, 6.07) is 10.6. The number of halogens is 3. The average molecular weight is 298 g/mol. The summed E-state index contributed by atoms with van der Waals surface area (Å²) in [5.74, 6) is -0.784. The maximum atomic E-state index is 13.0. The number of hydrogen-bond acceptors (Lipinski definition) is 1. The van der Waals surface area contributed by atoms with Gasteiger partial charge in [0.25, 0.3) is 5.91 Å². The minimum Gasteiger partial charge on any atom is -0.348 e. The molecule has 2 aromatic rings. The quantitative estimate of drug-likeness (QED) is 0.909. The third kappa shape index (κ3) is 3.69. The van der Waals surface area contributed by atoms with Crippen LogP contribution in [-0.4, -0.2) is 5.91 Å². The molecule has 2 nitrogen and oxygen atoms in total. The molecule has 98 valence electrons. The summed E-state index contributed by atoms with van der Waals surface area (Å²) in [4.78, 5) is 11.8. The second kappa shape index (κ2) is 6.04. The first-order chi connectivity index (χ1) is 9.06. The predicted molar refractivity (Wildman–Crippen MR) is 74.0 cm³/mol. The number of rotatable bonds is 3. The van der Waals surface area contributed by atoms with Gasteiger partial charge >= 0.3 is 0 Å². The van der Waals surface area contributed by atoms with E-state index in [1.54, 1.807) is 24.3 Å². The van der Waals surface area contributed by atoms with Crippen molar-refractivity contribution in [2.75, 3.05) is 0 Å². The Labute approximate surface area is 120 Å². The van der Waals surface area contributed by atoms with Gasteiger partial charge in [-0.05, 0) is 35.9 Å². The van der Waals surface area contributed by atoms with E-state index in [0.29, 0.717) is 16.6 Å². The predicted octanol–water partition coefficient (Wildman–Crippen LogP) is 4.06. The molecule has 0 aliphatic heterocycles. The summed E-state index contributed by atoms with van der Waals surface area (Å²) in [7, 11) is 0. The van der Waals surface area contributed by atoms with Crippen molar-refractivity contribution >= 4 is 29.1 Å². The molecule has 1 N–H and O–H groups in total. The van der Waals surface area contributed by atoms with Crippen LogP contribution in [0.15, 0.2) is 42.5 Å². The molecule has 0 heterocycles. The lowest BCUT2D eigenvalue weighted by molar-refractivity contribution is 0.0950. The van der Waals surface area contributed by atoms with Gasteiger partial charge in [0, 0.05) is 12.1 Å². The van der Waals surface area contributed by atoms with E-state index in [-0.39, 0.29) is 11.5 Å². The molecule has 19 heavy (non-hydrogen) atoms. The molecule has 2 rings (SSSR count). The topological polar surface area (TPSA) is 29.1 Å². The minimum absolute atomic E-state index is 0.278. The number of carbonyl (C=O) groups is 1. The van der Waals surface area contributed by atoms with Gasteiger partial charge in [0.05, 0.1) is 10.0 Å².